The Hall–Kier alpha value is -1.71. The lowest BCUT2D eigenvalue weighted by Gasteiger charge is -2.12. The van der Waals surface area contributed by atoms with Crippen molar-refractivity contribution in [1.82, 2.24) is 5.32 Å². The number of rotatable bonds is 2. The van der Waals surface area contributed by atoms with Crippen molar-refractivity contribution in [3.05, 3.63) is 57.6 Å². The molecule has 3 nitrogen and oxygen atoms in total. The number of nitrogens with one attached hydrogen (secondary N) is 1. The van der Waals surface area contributed by atoms with Gasteiger partial charge in [-0.2, -0.15) is 0 Å². The summed E-state index contributed by atoms with van der Waals surface area (Å²) in [7, 11) is 0. The van der Waals surface area contributed by atoms with E-state index in [0.717, 1.165) is 35.1 Å². The molecule has 21 heavy (non-hydrogen) atoms. The van der Waals surface area contributed by atoms with E-state index in [1.54, 1.807) is 12.1 Å². The number of carboxylic acid groups (broad SMARTS) is 1. The number of hydrogen-bond acceptors (Lipinski definition) is 1. The molecule has 0 fully saturated rings. The Bertz CT molecular complexity index is 715. The van der Waals surface area contributed by atoms with Gasteiger partial charge in [0.2, 0.25) is 0 Å². The molecule has 2 aromatic rings. The lowest BCUT2D eigenvalue weighted by Crippen LogP contribution is -2.24. The van der Waals surface area contributed by atoms with Crippen molar-refractivity contribution < 1.29 is 9.90 Å². The number of carbonyl (C=O) groups is 1. The van der Waals surface area contributed by atoms with Gasteiger partial charge in [0, 0.05) is 15.6 Å². The van der Waals surface area contributed by atoms with Crippen molar-refractivity contribution in [3.63, 3.8) is 0 Å². The Kier molecular flexibility index (Phi) is 3.79. The third-order valence-electron chi connectivity index (χ3n) is 3.76. The fourth-order valence-corrected chi connectivity index (χ4v) is 3.20. The first-order valence-corrected chi connectivity index (χ1v) is 7.38. The van der Waals surface area contributed by atoms with E-state index in [1.165, 1.54) is 0 Å². The van der Waals surface area contributed by atoms with Crippen LogP contribution in [0.2, 0.25) is 10.0 Å². The normalized spacial score (nSPS) is 16.6. The van der Waals surface area contributed by atoms with Gasteiger partial charge in [0.25, 0.3) is 0 Å². The SMILES string of the molecule is O=C(O)NC1CCc2cc(-c3cc(Cl)ccc3Cl)ccc21. The summed E-state index contributed by atoms with van der Waals surface area (Å²) in [4.78, 5) is 10.8. The van der Waals surface area contributed by atoms with E-state index >= 15 is 0 Å². The Morgan fingerprint density at radius 3 is 2.76 bits per heavy atom. The molecule has 108 valence electrons. The van der Waals surface area contributed by atoms with Crippen molar-refractivity contribution in [1.29, 1.82) is 0 Å². The number of hydrogen-bond donors (Lipinski definition) is 2. The monoisotopic (exact) mass is 321 g/mol. The van der Waals surface area contributed by atoms with E-state index in [0.29, 0.717) is 10.0 Å². The third kappa shape index (κ3) is 2.85. The fraction of sp³-hybridized carbons (Fsp3) is 0.188. The Morgan fingerprint density at radius 2 is 2.00 bits per heavy atom. The number of benzene rings is 2. The van der Waals surface area contributed by atoms with E-state index < -0.39 is 6.09 Å². The highest BCUT2D eigenvalue weighted by atomic mass is 35.5. The predicted octanol–water partition coefficient (Wildman–Crippen LogP) is 4.92. The largest absolute Gasteiger partial charge is 0.465 e. The van der Waals surface area contributed by atoms with Crippen LogP contribution < -0.4 is 5.32 Å². The van der Waals surface area contributed by atoms with Crippen LogP contribution in [0.15, 0.2) is 36.4 Å². The van der Waals surface area contributed by atoms with Crippen LogP contribution in [-0.2, 0) is 6.42 Å². The van der Waals surface area contributed by atoms with Crippen LogP contribution >= 0.6 is 23.2 Å². The zero-order chi connectivity index (χ0) is 15.0. The Balaban J connectivity index is 1.98. The molecular formula is C16H13Cl2NO2. The van der Waals surface area contributed by atoms with E-state index in [-0.39, 0.29) is 6.04 Å². The summed E-state index contributed by atoms with van der Waals surface area (Å²) in [6.45, 7) is 0. The van der Waals surface area contributed by atoms with E-state index in [1.807, 2.05) is 18.2 Å². The summed E-state index contributed by atoms with van der Waals surface area (Å²) < 4.78 is 0. The van der Waals surface area contributed by atoms with Gasteiger partial charge in [-0.05, 0) is 47.7 Å². The van der Waals surface area contributed by atoms with Gasteiger partial charge in [0.05, 0.1) is 6.04 Å². The molecule has 1 unspecified atom stereocenters. The van der Waals surface area contributed by atoms with Gasteiger partial charge in [-0.25, -0.2) is 4.79 Å². The van der Waals surface area contributed by atoms with Crippen LogP contribution in [-0.4, -0.2) is 11.2 Å². The number of halogens is 2. The van der Waals surface area contributed by atoms with Crippen LogP contribution in [0.4, 0.5) is 4.79 Å². The highest BCUT2D eigenvalue weighted by molar-refractivity contribution is 6.35. The molecule has 2 aromatic carbocycles. The maximum absolute atomic E-state index is 10.8. The molecule has 0 saturated carbocycles. The van der Waals surface area contributed by atoms with E-state index in [9.17, 15) is 4.79 Å². The molecule has 1 amide bonds. The fourth-order valence-electron chi connectivity index (χ4n) is 2.80. The first-order valence-electron chi connectivity index (χ1n) is 6.62. The van der Waals surface area contributed by atoms with Crippen molar-refractivity contribution in [2.24, 2.45) is 0 Å². The molecule has 0 radical (unpaired) electrons. The first-order chi connectivity index (χ1) is 10.0. The minimum atomic E-state index is -0.991. The van der Waals surface area contributed by atoms with Gasteiger partial charge < -0.3 is 10.4 Å². The van der Waals surface area contributed by atoms with Gasteiger partial charge >= 0.3 is 6.09 Å². The highest BCUT2D eigenvalue weighted by Crippen LogP contribution is 2.36. The van der Waals surface area contributed by atoms with Crippen molar-refractivity contribution in [3.8, 4) is 11.1 Å². The molecular weight excluding hydrogens is 309 g/mol. The second-order valence-corrected chi connectivity index (χ2v) is 5.92. The average molecular weight is 322 g/mol. The zero-order valence-corrected chi connectivity index (χ0v) is 12.6. The molecule has 2 N–H and O–H groups in total. The zero-order valence-electron chi connectivity index (χ0n) is 11.1. The molecule has 0 aromatic heterocycles. The lowest BCUT2D eigenvalue weighted by atomic mass is 9.99. The molecule has 0 aliphatic heterocycles. The van der Waals surface area contributed by atoms with Crippen LogP contribution in [0.25, 0.3) is 11.1 Å². The van der Waals surface area contributed by atoms with Gasteiger partial charge in [-0.15, -0.1) is 0 Å². The maximum atomic E-state index is 10.8. The highest BCUT2D eigenvalue weighted by Gasteiger charge is 2.24. The molecule has 3 rings (SSSR count). The topological polar surface area (TPSA) is 49.3 Å². The summed E-state index contributed by atoms with van der Waals surface area (Å²) >= 11 is 12.3. The van der Waals surface area contributed by atoms with Gasteiger partial charge in [-0.1, -0.05) is 41.4 Å². The third-order valence-corrected chi connectivity index (χ3v) is 4.32. The number of fused-ring (bicyclic) bond motifs is 1. The minimum Gasteiger partial charge on any atom is -0.465 e. The minimum absolute atomic E-state index is 0.124. The molecule has 0 spiro atoms. The van der Waals surface area contributed by atoms with Crippen LogP contribution in [0.5, 0.6) is 0 Å². The molecule has 0 bridgehead atoms. The number of amides is 1. The standard InChI is InChI=1S/C16H13Cl2NO2/c17-11-3-5-14(18)13(8-11)10-1-4-12-9(7-10)2-6-15(12)19-16(20)21/h1,3-5,7-8,15,19H,2,6H2,(H,20,21). The number of aryl methyl sites for hydroxylation is 1. The van der Waals surface area contributed by atoms with Gasteiger partial charge in [-0.3, -0.25) is 0 Å². The summed E-state index contributed by atoms with van der Waals surface area (Å²) in [5, 5.41) is 12.7. The quantitative estimate of drug-likeness (QED) is 0.825. The van der Waals surface area contributed by atoms with E-state index in [2.05, 4.69) is 11.4 Å². The van der Waals surface area contributed by atoms with Crippen LogP contribution in [0, 0.1) is 0 Å². The first kappa shape index (κ1) is 14.2. The van der Waals surface area contributed by atoms with Crippen molar-refractivity contribution in [2.75, 3.05) is 0 Å². The summed E-state index contributed by atoms with van der Waals surface area (Å²) in [6.07, 6.45) is 0.649. The summed E-state index contributed by atoms with van der Waals surface area (Å²) in [5.74, 6) is 0. The average Bonchev–Trinajstić information content (AvgIpc) is 2.83. The predicted molar refractivity (Wildman–Crippen MR) is 84.1 cm³/mol. The van der Waals surface area contributed by atoms with Gasteiger partial charge in [0.1, 0.15) is 0 Å². The molecule has 0 saturated heterocycles. The van der Waals surface area contributed by atoms with Crippen LogP contribution in [0.3, 0.4) is 0 Å². The maximum Gasteiger partial charge on any atom is 0.405 e. The summed E-state index contributed by atoms with van der Waals surface area (Å²) in [6, 6.07) is 11.2. The summed E-state index contributed by atoms with van der Waals surface area (Å²) in [5.41, 5.74) is 4.08. The second-order valence-electron chi connectivity index (χ2n) is 5.08. The van der Waals surface area contributed by atoms with Crippen molar-refractivity contribution >= 4 is 29.3 Å². The lowest BCUT2D eigenvalue weighted by molar-refractivity contribution is 0.190. The molecule has 1 aliphatic rings. The molecule has 1 aliphatic carbocycles. The Morgan fingerprint density at radius 1 is 1.19 bits per heavy atom. The molecule has 0 heterocycles. The molecule has 5 heteroatoms. The molecule has 1 atom stereocenters. The Labute approximate surface area is 132 Å². The van der Waals surface area contributed by atoms with E-state index in [4.69, 9.17) is 28.3 Å². The van der Waals surface area contributed by atoms with Crippen molar-refractivity contribution in [2.45, 2.75) is 18.9 Å². The van der Waals surface area contributed by atoms with Crippen LogP contribution in [0.1, 0.15) is 23.6 Å². The second kappa shape index (κ2) is 5.58. The van der Waals surface area contributed by atoms with Gasteiger partial charge in [0.15, 0.2) is 0 Å². The smallest absolute Gasteiger partial charge is 0.405 e.